The van der Waals surface area contributed by atoms with Crippen molar-refractivity contribution >= 4 is 0 Å². The lowest BCUT2D eigenvalue weighted by Gasteiger charge is -2.43. The van der Waals surface area contributed by atoms with E-state index >= 15 is 0 Å². The van der Waals surface area contributed by atoms with E-state index in [0.717, 1.165) is 25.9 Å². The topological polar surface area (TPSA) is 40.5 Å². The van der Waals surface area contributed by atoms with Crippen LogP contribution in [0.5, 0.6) is 0 Å². The van der Waals surface area contributed by atoms with E-state index in [1.807, 2.05) is 13.8 Å². The third-order valence-corrected chi connectivity index (χ3v) is 7.34. The van der Waals surface area contributed by atoms with Crippen molar-refractivity contribution in [3.63, 3.8) is 0 Å². The molecule has 3 heteroatoms. The van der Waals surface area contributed by atoms with Crippen LogP contribution in [0.4, 0.5) is 0 Å². The number of hydrogen-bond donors (Lipinski definition) is 2. The van der Waals surface area contributed by atoms with Crippen molar-refractivity contribution in [2.75, 3.05) is 13.1 Å². The van der Waals surface area contributed by atoms with Crippen molar-refractivity contribution < 1.29 is 14.7 Å². The first-order chi connectivity index (χ1) is 15.0. The molecule has 0 saturated heterocycles. The monoisotopic (exact) mass is 442 g/mol. The molecule has 0 aromatic carbocycles. The van der Waals surface area contributed by atoms with Gasteiger partial charge in [-0.25, -0.2) is 0 Å². The number of rotatable bonds is 24. The molecule has 0 aliphatic heterocycles. The third kappa shape index (κ3) is 16.2. The molecule has 0 rings (SSSR count). The van der Waals surface area contributed by atoms with Crippen LogP contribution in [0.3, 0.4) is 0 Å². The largest absolute Gasteiger partial charge is 0.345 e. The minimum absolute atomic E-state index is 0.466. The molecule has 0 aliphatic carbocycles. The number of quaternary nitrogens is 1. The molecule has 0 fully saturated rings. The molecule has 0 spiro atoms. The molecule has 0 heterocycles. The number of aliphatic hydroxyl groups is 2. The summed E-state index contributed by atoms with van der Waals surface area (Å²) in [5.74, 6) is 0. The summed E-state index contributed by atoms with van der Waals surface area (Å²) in [5.41, 5.74) is 0. The Labute approximate surface area is 196 Å². The first-order valence-corrected chi connectivity index (χ1v) is 14.2. The quantitative estimate of drug-likeness (QED) is 0.0896. The van der Waals surface area contributed by atoms with Crippen LogP contribution < -0.4 is 0 Å². The van der Waals surface area contributed by atoms with Gasteiger partial charge in [-0.2, -0.15) is 0 Å². The molecule has 0 saturated carbocycles. The van der Waals surface area contributed by atoms with E-state index in [1.165, 1.54) is 116 Å². The molecule has 0 aromatic heterocycles. The standard InChI is InChI=1S/C28H60NO2/c1-5-7-9-11-13-15-17-19-21-23-25-29(27(3)30,28(4)31)26-24-22-20-18-16-14-12-10-8-6-2/h27-28,30-31H,5-26H2,1-4H3/q+1. The number of aliphatic hydroxyl groups excluding tert-OH is 2. The molecule has 2 N–H and O–H groups in total. The average Bonchev–Trinajstić information content (AvgIpc) is 2.74. The smallest absolute Gasteiger partial charge is 0.189 e. The van der Waals surface area contributed by atoms with Gasteiger partial charge in [-0.3, -0.25) is 4.48 Å². The Balaban J connectivity index is 3.98. The third-order valence-electron chi connectivity index (χ3n) is 7.34. The summed E-state index contributed by atoms with van der Waals surface area (Å²) in [6.07, 6.45) is 25.5. The number of hydrogen-bond acceptors (Lipinski definition) is 2. The molecule has 2 atom stereocenters. The molecule has 31 heavy (non-hydrogen) atoms. The molecule has 0 amide bonds. The van der Waals surface area contributed by atoms with Crippen molar-refractivity contribution in [2.45, 2.75) is 169 Å². The fourth-order valence-corrected chi connectivity index (χ4v) is 4.96. The van der Waals surface area contributed by atoms with Gasteiger partial charge in [0.25, 0.3) is 0 Å². The van der Waals surface area contributed by atoms with Gasteiger partial charge in [-0.05, 0) is 25.7 Å². The first-order valence-electron chi connectivity index (χ1n) is 14.2. The van der Waals surface area contributed by atoms with Gasteiger partial charge in [0.05, 0.1) is 13.1 Å². The van der Waals surface area contributed by atoms with Gasteiger partial charge in [-0.1, -0.05) is 117 Å². The molecular weight excluding hydrogens is 382 g/mol. The zero-order chi connectivity index (χ0) is 23.2. The molecular formula is C28H60NO2+. The summed E-state index contributed by atoms with van der Waals surface area (Å²) < 4.78 is 0.466. The minimum Gasteiger partial charge on any atom is -0.345 e. The highest BCUT2D eigenvalue weighted by Gasteiger charge is 2.36. The second-order valence-corrected chi connectivity index (χ2v) is 10.2. The van der Waals surface area contributed by atoms with Gasteiger partial charge in [0, 0.05) is 13.8 Å². The lowest BCUT2D eigenvalue weighted by atomic mass is 10.0. The minimum atomic E-state index is -0.489. The van der Waals surface area contributed by atoms with Crippen LogP contribution in [-0.2, 0) is 0 Å². The molecule has 3 nitrogen and oxygen atoms in total. The van der Waals surface area contributed by atoms with Gasteiger partial charge in [0.2, 0.25) is 0 Å². The predicted molar refractivity (Wildman–Crippen MR) is 137 cm³/mol. The van der Waals surface area contributed by atoms with Crippen LogP contribution >= 0.6 is 0 Å². The SMILES string of the molecule is CCCCCCCCCCCC[N+](CCCCCCCCCCCC)(C(C)O)C(C)O. The normalized spacial score (nSPS) is 14.1. The zero-order valence-corrected chi connectivity index (χ0v) is 22.1. The van der Waals surface area contributed by atoms with E-state index in [9.17, 15) is 10.2 Å². The van der Waals surface area contributed by atoms with E-state index in [2.05, 4.69) is 13.8 Å². The second kappa shape index (κ2) is 21.7. The molecule has 0 aliphatic rings. The number of unbranched alkanes of at least 4 members (excludes halogenated alkanes) is 18. The molecule has 0 bridgehead atoms. The summed E-state index contributed by atoms with van der Waals surface area (Å²) in [7, 11) is 0. The van der Waals surface area contributed by atoms with E-state index in [0.29, 0.717) is 4.48 Å². The highest BCUT2D eigenvalue weighted by Crippen LogP contribution is 2.22. The van der Waals surface area contributed by atoms with Crippen molar-refractivity contribution in [1.82, 2.24) is 0 Å². The lowest BCUT2D eigenvalue weighted by molar-refractivity contribution is -1.01. The fraction of sp³-hybridized carbons (Fsp3) is 1.00. The van der Waals surface area contributed by atoms with Crippen LogP contribution in [0.25, 0.3) is 0 Å². The van der Waals surface area contributed by atoms with Crippen molar-refractivity contribution in [1.29, 1.82) is 0 Å². The van der Waals surface area contributed by atoms with Crippen LogP contribution in [0.1, 0.15) is 156 Å². The Morgan fingerprint density at radius 1 is 0.419 bits per heavy atom. The summed E-state index contributed by atoms with van der Waals surface area (Å²) in [5, 5.41) is 21.1. The summed E-state index contributed by atoms with van der Waals surface area (Å²) in [4.78, 5) is 0. The Morgan fingerprint density at radius 3 is 0.871 bits per heavy atom. The van der Waals surface area contributed by atoms with E-state index in [-0.39, 0.29) is 0 Å². The van der Waals surface area contributed by atoms with Crippen LogP contribution in [0.2, 0.25) is 0 Å². The van der Waals surface area contributed by atoms with Gasteiger partial charge < -0.3 is 10.2 Å². The average molecular weight is 443 g/mol. The van der Waals surface area contributed by atoms with Gasteiger partial charge in [-0.15, -0.1) is 0 Å². The Hall–Kier alpha value is -0.120. The van der Waals surface area contributed by atoms with Crippen LogP contribution in [0, 0.1) is 0 Å². The van der Waals surface area contributed by atoms with Gasteiger partial charge in [0.15, 0.2) is 12.5 Å². The summed E-state index contributed by atoms with van der Waals surface area (Å²) >= 11 is 0. The maximum atomic E-state index is 10.5. The van der Waals surface area contributed by atoms with Crippen molar-refractivity contribution in [3.8, 4) is 0 Å². The number of nitrogens with zero attached hydrogens (tertiary/aromatic N) is 1. The van der Waals surface area contributed by atoms with E-state index in [1.54, 1.807) is 0 Å². The van der Waals surface area contributed by atoms with E-state index in [4.69, 9.17) is 0 Å². The first kappa shape index (κ1) is 30.9. The van der Waals surface area contributed by atoms with Crippen molar-refractivity contribution in [2.24, 2.45) is 0 Å². The molecule has 188 valence electrons. The maximum absolute atomic E-state index is 10.5. The predicted octanol–water partition coefficient (Wildman–Crippen LogP) is 8.32. The molecule has 0 aromatic rings. The molecule has 2 unspecified atom stereocenters. The Morgan fingerprint density at radius 2 is 0.645 bits per heavy atom. The Kier molecular flexibility index (Phi) is 21.6. The van der Waals surface area contributed by atoms with Crippen LogP contribution in [-0.4, -0.2) is 40.2 Å². The maximum Gasteiger partial charge on any atom is 0.189 e. The lowest BCUT2D eigenvalue weighted by Crippen LogP contribution is -2.60. The summed E-state index contributed by atoms with van der Waals surface area (Å²) in [6, 6.07) is 0. The highest BCUT2D eigenvalue weighted by molar-refractivity contribution is 4.53. The summed E-state index contributed by atoms with van der Waals surface area (Å²) in [6.45, 7) is 10.1. The Bertz CT molecular complexity index is 323. The van der Waals surface area contributed by atoms with Gasteiger partial charge in [0.1, 0.15) is 0 Å². The fourth-order valence-electron chi connectivity index (χ4n) is 4.96. The highest BCUT2D eigenvalue weighted by atomic mass is 16.3. The van der Waals surface area contributed by atoms with Crippen LogP contribution in [0.15, 0.2) is 0 Å². The zero-order valence-electron chi connectivity index (χ0n) is 22.1. The van der Waals surface area contributed by atoms with Gasteiger partial charge >= 0.3 is 0 Å². The molecule has 0 radical (unpaired) electrons. The van der Waals surface area contributed by atoms with Crippen molar-refractivity contribution in [3.05, 3.63) is 0 Å². The second-order valence-electron chi connectivity index (χ2n) is 10.2. The van der Waals surface area contributed by atoms with E-state index < -0.39 is 12.5 Å².